The van der Waals surface area contributed by atoms with Crippen LogP contribution < -0.4 is 4.72 Å². The van der Waals surface area contributed by atoms with E-state index in [1.807, 2.05) is 0 Å². The maximum absolute atomic E-state index is 12.7. The van der Waals surface area contributed by atoms with Crippen molar-refractivity contribution in [2.75, 3.05) is 4.72 Å². The lowest BCUT2D eigenvalue weighted by atomic mass is 10.3. The van der Waals surface area contributed by atoms with Gasteiger partial charge in [0.05, 0.1) is 16.8 Å². The summed E-state index contributed by atoms with van der Waals surface area (Å²) in [5.41, 5.74) is 2.48. The van der Waals surface area contributed by atoms with Crippen LogP contribution in [0.1, 0.15) is 11.4 Å². The van der Waals surface area contributed by atoms with Crippen molar-refractivity contribution in [2.45, 2.75) is 18.7 Å². The molecule has 0 fully saturated rings. The number of hydrogen-bond acceptors (Lipinski definition) is 8. The second-order valence-corrected chi connectivity index (χ2v) is 8.42. The van der Waals surface area contributed by atoms with E-state index in [1.54, 1.807) is 55.2 Å². The van der Waals surface area contributed by atoms with Gasteiger partial charge in [0.25, 0.3) is 10.0 Å². The van der Waals surface area contributed by atoms with Crippen molar-refractivity contribution in [1.29, 1.82) is 0 Å². The Morgan fingerprint density at radius 2 is 1.77 bits per heavy atom. The quantitative estimate of drug-likeness (QED) is 0.453. The first-order valence-corrected chi connectivity index (χ1v) is 10.6. The molecular weight excluding hydrogens is 424 g/mol. The molecule has 0 saturated heterocycles. The van der Waals surface area contributed by atoms with Gasteiger partial charge in [-0.2, -0.15) is 5.10 Å². The molecule has 3 aromatic heterocycles. The number of sulfonamides is 1. The van der Waals surface area contributed by atoms with Gasteiger partial charge in [-0.3, -0.25) is 14.6 Å². The molecule has 0 unspecified atom stereocenters. The molecule has 10 nitrogen and oxygen atoms in total. The summed E-state index contributed by atoms with van der Waals surface area (Å²) in [5.74, 6) is 0.490. The highest BCUT2D eigenvalue weighted by Crippen LogP contribution is 2.21. The summed E-state index contributed by atoms with van der Waals surface area (Å²) < 4.78 is 29.8. The Morgan fingerprint density at radius 1 is 1.07 bits per heavy atom. The van der Waals surface area contributed by atoms with Gasteiger partial charge >= 0.3 is 0 Å². The molecule has 30 heavy (non-hydrogen) atoms. The molecule has 0 amide bonds. The number of benzene rings is 1. The summed E-state index contributed by atoms with van der Waals surface area (Å²) in [5, 5.41) is 6.93. The first-order chi connectivity index (χ1) is 14.3. The Bertz CT molecular complexity index is 1340. The van der Waals surface area contributed by atoms with Gasteiger partial charge in [0.2, 0.25) is 5.95 Å². The molecule has 3 heterocycles. The molecule has 0 bridgehead atoms. The molecule has 0 spiro atoms. The Balaban J connectivity index is 1.67. The highest BCUT2D eigenvalue weighted by Gasteiger charge is 2.18. The lowest BCUT2D eigenvalue weighted by Crippen LogP contribution is -2.15. The number of aromatic nitrogens is 7. The third-order valence-corrected chi connectivity index (χ3v) is 5.70. The summed E-state index contributed by atoms with van der Waals surface area (Å²) in [4.78, 5) is 16.6. The van der Waals surface area contributed by atoms with E-state index < -0.39 is 10.0 Å². The molecule has 2 N–H and O–H groups in total. The smallest absolute Gasteiger partial charge is 0.264 e. The monoisotopic (exact) mass is 440 g/mol. The molecule has 0 aliphatic rings. The Kier molecular flexibility index (Phi) is 5.10. The van der Waals surface area contributed by atoms with Gasteiger partial charge in [-0.1, -0.05) is 0 Å². The lowest BCUT2D eigenvalue weighted by Gasteiger charge is -2.10. The third-order valence-electron chi connectivity index (χ3n) is 4.08. The number of aryl methyl sites for hydroxylation is 2. The van der Waals surface area contributed by atoms with Crippen LogP contribution in [0.25, 0.3) is 17.2 Å². The molecule has 0 aliphatic heterocycles. The highest BCUT2D eigenvalue weighted by molar-refractivity contribution is 7.92. The highest BCUT2D eigenvalue weighted by atomic mass is 32.2. The predicted octanol–water partition coefficient (Wildman–Crippen LogP) is 2.59. The summed E-state index contributed by atoms with van der Waals surface area (Å²) in [6.45, 7) is 3.54. The fraction of sp³-hybridized carbons (Fsp3) is 0.111. The minimum Gasteiger partial charge on any atom is -0.267 e. The topological polar surface area (TPSA) is 131 Å². The molecule has 0 radical (unpaired) electrons. The van der Waals surface area contributed by atoms with E-state index >= 15 is 0 Å². The first-order valence-electron chi connectivity index (χ1n) is 8.73. The zero-order valence-corrected chi connectivity index (χ0v) is 17.6. The van der Waals surface area contributed by atoms with Crippen molar-refractivity contribution in [3.8, 4) is 17.2 Å². The van der Waals surface area contributed by atoms with Crippen LogP contribution in [-0.2, 0) is 10.0 Å². The molecular formula is C18H16N8O2S2. The minimum atomic E-state index is -3.86. The van der Waals surface area contributed by atoms with Gasteiger partial charge in [-0.15, -0.1) is 0 Å². The van der Waals surface area contributed by atoms with Gasteiger partial charge in [-0.25, -0.2) is 28.1 Å². The Hall–Kier alpha value is -3.51. The van der Waals surface area contributed by atoms with Crippen molar-refractivity contribution in [3.05, 3.63) is 65.1 Å². The number of anilines is 1. The van der Waals surface area contributed by atoms with Gasteiger partial charge in [0, 0.05) is 23.8 Å². The largest absolute Gasteiger partial charge is 0.267 e. The van der Waals surface area contributed by atoms with Crippen LogP contribution in [0.2, 0.25) is 0 Å². The maximum Gasteiger partial charge on any atom is 0.264 e. The van der Waals surface area contributed by atoms with Crippen LogP contribution in [0.3, 0.4) is 0 Å². The van der Waals surface area contributed by atoms with Crippen molar-refractivity contribution < 1.29 is 8.42 Å². The number of hydrogen-bond donors (Lipinski definition) is 2. The second kappa shape index (κ2) is 7.72. The van der Waals surface area contributed by atoms with Gasteiger partial charge in [0.1, 0.15) is 5.69 Å². The van der Waals surface area contributed by atoms with E-state index in [0.29, 0.717) is 33.4 Å². The lowest BCUT2D eigenvalue weighted by molar-refractivity contribution is 0.600. The van der Waals surface area contributed by atoms with Crippen LogP contribution in [0, 0.1) is 18.6 Å². The fourth-order valence-electron chi connectivity index (χ4n) is 2.85. The van der Waals surface area contributed by atoms with E-state index in [-0.39, 0.29) is 10.8 Å². The normalized spacial score (nSPS) is 11.4. The average molecular weight is 441 g/mol. The van der Waals surface area contributed by atoms with Crippen LogP contribution in [-0.4, -0.2) is 43.1 Å². The fourth-order valence-corrected chi connectivity index (χ4v) is 4.03. The second-order valence-electron chi connectivity index (χ2n) is 6.35. The zero-order chi connectivity index (χ0) is 21.3. The van der Waals surface area contributed by atoms with Crippen molar-refractivity contribution in [2.24, 2.45) is 0 Å². The summed E-state index contributed by atoms with van der Waals surface area (Å²) in [6, 6.07) is 7.95. The maximum atomic E-state index is 12.7. The van der Waals surface area contributed by atoms with E-state index in [0.717, 1.165) is 0 Å². The standard InChI is InChI=1S/C18H16N8O2S2/c1-11-9-12(2)22-17(21-11)25-30(27,28)14-5-3-13(4-6-14)26-16(23-24-18(26)29)15-10-19-7-8-20-15/h3-10H,1-2H3,(H,24,29)(H,21,22,25). The number of aromatic amines is 1. The first kappa shape index (κ1) is 19.8. The van der Waals surface area contributed by atoms with Gasteiger partial charge in [-0.05, 0) is 56.4 Å². The Labute approximate surface area is 177 Å². The SMILES string of the molecule is Cc1cc(C)nc(NS(=O)(=O)c2ccc(-n3c(-c4cnccn4)n[nH]c3=S)cc2)n1. The summed E-state index contributed by atoms with van der Waals surface area (Å²) >= 11 is 5.32. The molecule has 152 valence electrons. The van der Waals surface area contributed by atoms with E-state index in [2.05, 4.69) is 34.9 Å². The number of H-pyrrole nitrogens is 1. The van der Waals surface area contributed by atoms with Crippen LogP contribution in [0.4, 0.5) is 5.95 Å². The number of nitrogens with one attached hydrogen (secondary N) is 2. The van der Waals surface area contributed by atoms with Crippen molar-refractivity contribution in [1.82, 2.24) is 34.7 Å². The Morgan fingerprint density at radius 3 is 2.40 bits per heavy atom. The molecule has 12 heteroatoms. The molecule has 1 aromatic carbocycles. The number of nitrogens with zero attached hydrogens (tertiary/aromatic N) is 6. The van der Waals surface area contributed by atoms with Gasteiger partial charge in [0.15, 0.2) is 10.6 Å². The zero-order valence-electron chi connectivity index (χ0n) is 15.9. The predicted molar refractivity (Wildman–Crippen MR) is 112 cm³/mol. The third kappa shape index (κ3) is 3.95. The molecule has 4 rings (SSSR count). The molecule has 0 atom stereocenters. The number of rotatable bonds is 5. The van der Waals surface area contributed by atoms with Crippen LogP contribution in [0.15, 0.2) is 53.8 Å². The van der Waals surface area contributed by atoms with Crippen molar-refractivity contribution in [3.63, 3.8) is 0 Å². The molecule has 4 aromatic rings. The average Bonchev–Trinajstić information content (AvgIpc) is 3.09. The molecule has 0 aliphatic carbocycles. The van der Waals surface area contributed by atoms with Crippen molar-refractivity contribution >= 4 is 28.2 Å². The molecule has 0 saturated carbocycles. The van der Waals surface area contributed by atoms with Crippen LogP contribution >= 0.6 is 12.2 Å². The van der Waals surface area contributed by atoms with Crippen LogP contribution in [0.5, 0.6) is 0 Å². The van der Waals surface area contributed by atoms with E-state index in [1.165, 1.54) is 12.1 Å². The minimum absolute atomic E-state index is 0.0265. The van der Waals surface area contributed by atoms with E-state index in [9.17, 15) is 8.42 Å². The summed E-state index contributed by atoms with van der Waals surface area (Å²) in [6.07, 6.45) is 4.67. The van der Waals surface area contributed by atoms with E-state index in [4.69, 9.17) is 12.2 Å². The van der Waals surface area contributed by atoms with Gasteiger partial charge < -0.3 is 0 Å². The summed E-state index contributed by atoms with van der Waals surface area (Å²) in [7, 11) is -3.86.